The number of Topliss-reactive ketones (excluding diaryl/α,β-unsaturated/α-hetero) is 1. The monoisotopic (exact) mass is 230 g/mol. The molecule has 12 heavy (non-hydrogen) atoms. The van der Waals surface area contributed by atoms with Gasteiger partial charge in [0.15, 0.2) is 17.3 Å². The average molecular weight is 231 g/mol. The molecule has 64 valence electrons. The van der Waals surface area contributed by atoms with Crippen LogP contribution in [0.3, 0.4) is 0 Å². The van der Waals surface area contributed by atoms with Gasteiger partial charge < -0.3 is 10.2 Å². The first kappa shape index (κ1) is 9.06. The van der Waals surface area contributed by atoms with Crippen LogP contribution < -0.4 is 0 Å². The lowest BCUT2D eigenvalue weighted by Gasteiger charge is -2.04. The second-order valence-corrected chi connectivity index (χ2v) is 3.20. The van der Waals surface area contributed by atoms with E-state index in [4.69, 9.17) is 5.11 Å². The van der Waals surface area contributed by atoms with E-state index in [2.05, 4.69) is 15.9 Å². The molecule has 3 nitrogen and oxygen atoms in total. The Morgan fingerprint density at radius 2 is 2.00 bits per heavy atom. The summed E-state index contributed by atoms with van der Waals surface area (Å²) in [5, 5.41) is 18.3. The summed E-state index contributed by atoms with van der Waals surface area (Å²) in [6.07, 6.45) is 0. The van der Waals surface area contributed by atoms with E-state index in [1.165, 1.54) is 19.1 Å². The van der Waals surface area contributed by atoms with Crippen molar-refractivity contribution in [2.75, 3.05) is 0 Å². The van der Waals surface area contributed by atoms with Crippen LogP contribution in [-0.4, -0.2) is 16.0 Å². The second kappa shape index (κ2) is 3.15. The van der Waals surface area contributed by atoms with Crippen LogP contribution in [0.15, 0.2) is 16.6 Å². The van der Waals surface area contributed by atoms with Crippen LogP contribution in [0, 0.1) is 0 Å². The number of phenolic OH excluding ortho intramolecular Hbond substituents is 2. The Hall–Kier alpha value is -1.03. The summed E-state index contributed by atoms with van der Waals surface area (Å²) >= 11 is 3.09. The predicted octanol–water partition coefficient (Wildman–Crippen LogP) is 2.06. The zero-order valence-corrected chi connectivity index (χ0v) is 7.92. The van der Waals surface area contributed by atoms with Crippen molar-refractivity contribution in [2.24, 2.45) is 0 Å². The molecule has 0 heterocycles. The molecule has 4 heteroatoms. The smallest absolute Gasteiger partial charge is 0.169 e. The van der Waals surface area contributed by atoms with Gasteiger partial charge in [0, 0.05) is 4.47 Å². The number of aromatic hydroxyl groups is 2. The van der Waals surface area contributed by atoms with Gasteiger partial charge >= 0.3 is 0 Å². The Labute approximate surface area is 77.8 Å². The average Bonchev–Trinajstić information content (AvgIpc) is 1.97. The highest BCUT2D eigenvalue weighted by Gasteiger charge is 2.13. The fourth-order valence-electron chi connectivity index (χ4n) is 0.890. The number of hydrogen-bond acceptors (Lipinski definition) is 3. The molecular weight excluding hydrogens is 224 g/mol. The van der Waals surface area contributed by atoms with Gasteiger partial charge in [-0.05, 0) is 35.0 Å². The Kier molecular flexibility index (Phi) is 2.38. The minimum absolute atomic E-state index is 0.106. The summed E-state index contributed by atoms with van der Waals surface area (Å²) in [6, 6.07) is 2.82. The third-order valence-corrected chi connectivity index (χ3v) is 2.12. The van der Waals surface area contributed by atoms with Gasteiger partial charge in [-0.3, -0.25) is 4.79 Å². The van der Waals surface area contributed by atoms with E-state index in [1.807, 2.05) is 0 Å². The van der Waals surface area contributed by atoms with Gasteiger partial charge in [0.1, 0.15) is 0 Å². The molecular formula is C8H7BrO3. The summed E-state index contributed by atoms with van der Waals surface area (Å²) in [6.45, 7) is 1.32. The number of carbonyl (C=O) groups excluding carboxylic acids is 1. The van der Waals surface area contributed by atoms with Gasteiger partial charge in [-0.1, -0.05) is 0 Å². The lowest BCUT2D eigenvalue weighted by Crippen LogP contribution is -1.94. The van der Waals surface area contributed by atoms with Gasteiger partial charge in [0.25, 0.3) is 0 Å². The number of phenols is 2. The molecule has 0 atom stereocenters. The first-order valence-corrected chi connectivity index (χ1v) is 4.04. The fourth-order valence-corrected chi connectivity index (χ4v) is 1.49. The normalized spacial score (nSPS) is 9.83. The maximum Gasteiger partial charge on any atom is 0.169 e. The zero-order chi connectivity index (χ0) is 9.30. The lowest BCUT2D eigenvalue weighted by molar-refractivity contribution is 0.101. The van der Waals surface area contributed by atoms with Crippen LogP contribution in [0.2, 0.25) is 0 Å². The summed E-state index contributed by atoms with van der Waals surface area (Å²) in [5.74, 6) is -0.962. The van der Waals surface area contributed by atoms with Crippen LogP contribution in [0.1, 0.15) is 17.3 Å². The van der Waals surface area contributed by atoms with E-state index in [1.54, 1.807) is 0 Å². The molecule has 1 aromatic carbocycles. The Bertz CT molecular complexity index is 333. The largest absolute Gasteiger partial charge is 0.504 e. The van der Waals surface area contributed by atoms with Gasteiger partial charge in [-0.15, -0.1) is 0 Å². The van der Waals surface area contributed by atoms with Crippen molar-refractivity contribution in [3.63, 3.8) is 0 Å². The Balaban J connectivity index is 3.43. The molecule has 0 aliphatic heterocycles. The highest BCUT2D eigenvalue weighted by Crippen LogP contribution is 2.34. The minimum atomic E-state index is -0.378. The van der Waals surface area contributed by atoms with Crippen LogP contribution in [-0.2, 0) is 0 Å². The van der Waals surface area contributed by atoms with Crippen LogP contribution in [0.4, 0.5) is 0 Å². The van der Waals surface area contributed by atoms with Gasteiger partial charge in [-0.25, -0.2) is 0 Å². The lowest BCUT2D eigenvalue weighted by atomic mass is 10.1. The molecule has 0 bridgehead atoms. The number of halogens is 1. The minimum Gasteiger partial charge on any atom is -0.504 e. The second-order valence-electron chi connectivity index (χ2n) is 2.35. The van der Waals surface area contributed by atoms with Crippen molar-refractivity contribution in [1.29, 1.82) is 0 Å². The first-order valence-electron chi connectivity index (χ1n) is 3.25. The van der Waals surface area contributed by atoms with Crippen molar-refractivity contribution in [1.82, 2.24) is 0 Å². The van der Waals surface area contributed by atoms with Crippen molar-refractivity contribution < 1.29 is 15.0 Å². The molecule has 0 radical (unpaired) electrons. The molecule has 0 spiro atoms. The molecule has 0 saturated heterocycles. The maximum absolute atomic E-state index is 10.9. The van der Waals surface area contributed by atoms with E-state index in [0.717, 1.165) is 0 Å². The van der Waals surface area contributed by atoms with E-state index < -0.39 is 0 Å². The molecule has 0 amide bonds. The standard InChI is InChI=1S/C8H7BrO3/c1-4(10)7-5(9)2-3-6(11)8(7)12/h2-3,11-12H,1H3. The Morgan fingerprint density at radius 1 is 1.42 bits per heavy atom. The number of rotatable bonds is 1. The van der Waals surface area contributed by atoms with Crippen molar-refractivity contribution >= 4 is 21.7 Å². The first-order chi connectivity index (χ1) is 5.54. The van der Waals surface area contributed by atoms with E-state index in [9.17, 15) is 9.90 Å². The highest BCUT2D eigenvalue weighted by molar-refractivity contribution is 9.10. The number of carbonyl (C=O) groups is 1. The molecule has 0 saturated carbocycles. The fraction of sp³-hybridized carbons (Fsp3) is 0.125. The third-order valence-electron chi connectivity index (χ3n) is 1.46. The van der Waals surface area contributed by atoms with Crippen molar-refractivity contribution in [2.45, 2.75) is 6.92 Å². The Morgan fingerprint density at radius 3 is 2.42 bits per heavy atom. The predicted molar refractivity (Wildman–Crippen MR) is 47.5 cm³/mol. The molecule has 0 fully saturated rings. The summed E-state index contributed by atoms with van der Waals surface area (Å²) in [4.78, 5) is 10.9. The molecule has 1 rings (SSSR count). The van der Waals surface area contributed by atoms with E-state index >= 15 is 0 Å². The van der Waals surface area contributed by atoms with Crippen molar-refractivity contribution in [3.05, 3.63) is 22.2 Å². The zero-order valence-electron chi connectivity index (χ0n) is 6.34. The number of ketones is 1. The molecule has 1 aromatic rings. The SMILES string of the molecule is CC(=O)c1c(Br)ccc(O)c1O. The topological polar surface area (TPSA) is 57.5 Å². The van der Waals surface area contributed by atoms with E-state index in [-0.39, 0.29) is 22.8 Å². The van der Waals surface area contributed by atoms with Gasteiger partial charge in [0.2, 0.25) is 0 Å². The number of hydrogen-bond donors (Lipinski definition) is 2. The number of benzene rings is 1. The summed E-state index contributed by atoms with van der Waals surface area (Å²) < 4.78 is 0.477. The molecule has 0 unspecified atom stereocenters. The molecule has 0 aromatic heterocycles. The van der Waals surface area contributed by atoms with Gasteiger partial charge in [0.05, 0.1) is 5.56 Å². The molecule has 0 aliphatic carbocycles. The van der Waals surface area contributed by atoms with Crippen LogP contribution >= 0.6 is 15.9 Å². The van der Waals surface area contributed by atoms with Crippen LogP contribution in [0.25, 0.3) is 0 Å². The van der Waals surface area contributed by atoms with Crippen molar-refractivity contribution in [3.8, 4) is 11.5 Å². The van der Waals surface area contributed by atoms with E-state index in [0.29, 0.717) is 4.47 Å². The van der Waals surface area contributed by atoms with Crippen LogP contribution in [0.5, 0.6) is 11.5 Å². The maximum atomic E-state index is 10.9. The summed E-state index contributed by atoms with van der Waals surface area (Å²) in [7, 11) is 0. The molecule has 0 aliphatic rings. The quantitative estimate of drug-likeness (QED) is 0.574. The third kappa shape index (κ3) is 1.43. The summed E-state index contributed by atoms with van der Waals surface area (Å²) in [5.41, 5.74) is 0.106. The highest BCUT2D eigenvalue weighted by atomic mass is 79.9. The van der Waals surface area contributed by atoms with Gasteiger partial charge in [-0.2, -0.15) is 0 Å². The molecule has 2 N–H and O–H groups in total.